The van der Waals surface area contributed by atoms with Gasteiger partial charge in [-0.25, -0.2) is 4.98 Å². The molecule has 0 radical (unpaired) electrons. The molecule has 14 heavy (non-hydrogen) atoms. The highest BCUT2D eigenvalue weighted by molar-refractivity contribution is 5.39. The van der Waals surface area contributed by atoms with Crippen molar-refractivity contribution in [3.63, 3.8) is 0 Å². The maximum atomic E-state index is 12.5. The molecule has 0 atom stereocenters. The Balaban J connectivity index is 2.13. The molecule has 1 aromatic heterocycles. The zero-order valence-corrected chi connectivity index (χ0v) is 7.17. The lowest BCUT2D eigenvalue weighted by atomic mass is 10.2. The molecule has 76 valence electrons. The third-order valence-corrected chi connectivity index (χ3v) is 2.22. The topological polar surface area (TPSA) is 37.8 Å². The van der Waals surface area contributed by atoms with Crippen molar-refractivity contribution < 1.29 is 13.2 Å². The summed E-state index contributed by atoms with van der Waals surface area (Å²) in [5.74, 6) is 0.169. The Kier molecular flexibility index (Phi) is 1.87. The third kappa shape index (κ3) is 1.51. The molecule has 1 aromatic rings. The van der Waals surface area contributed by atoms with Crippen molar-refractivity contribution in [2.75, 3.05) is 5.32 Å². The quantitative estimate of drug-likeness (QED) is 0.798. The number of alkyl halides is 3. The van der Waals surface area contributed by atoms with Crippen LogP contribution in [0.25, 0.3) is 0 Å². The molecule has 0 unspecified atom stereocenters. The van der Waals surface area contributed by atoms with E-state index in [4.69, 9.17) is 0 Å². The van der Waals surface area contributed by atoms with Crippen LogP contribution in [0.5, 0.6) is 0 Å². The number of hydrogen-bond donors (Lipinski definition) is 1. The van der Waals surface area contributed by atoms with Crippen molar-refractivity contribution in [2.24, 2.45) is 0 Å². The summed E-state index contributed by atoms with van der Waals surface area (Å²) in [6.07, 6.45) is 0.0452. The summed E-state index contributed by atoms with van der Waals surface area (Å²) < 4.78 is 37.4. The number of nitrogens with one attached hydrogen (secondary N) is 1. The first kappa shape index (κ1) is 9.23. The van der Waals surface area contributed by atoms with E-state index in [2.05, 4.69) is 15.3 Å². The summed E-state index contributed by atoms with van der Waals surface area (Å²) in [6, 6.07) is 0. The Labute approximate surface area is 78.4 Å². The summed E-state index contributed by atoms with van der Waals surface area (Å²) >= 11 is 0. The lowest BCUT2D eigenvalue weighted by molar-refractivity contribution is -0.151. The Morgan fingerprint density at radius 2 is 2.00 bits per heavy atom. The van der Waals surface area contributed by atoms with E-state index in [9.17, 15) is 13.2 Å². The van der Waals surface area contributed by atoms with Crippen molar-refractivity contribution in [3.05, 3.63) is 18.6 Å². The fourth-order valence-corrected chi connectivity index (χ4v) is 1.21. The highest BCUT2D eigenvalue weighted by atomic mass is 19.4. The van der Waals surface area contributed by atoms with Gasteiger partial charge in [-0.3, -0.25) is 4.98 Å². The molecule has 0 spiro atoms. The van der Waals surface area contributed by atoms with Gasteiger partial charge in [0.05, 0.1) is 6.20 Å². The normalized spacial score (nSPS) is 19.1. The summed E-state index contributed by atoms with van der Waals surface area (Å²) in [7, 11) is 0. The molecule has 1 fully saturated rings. The molecule has 1 aliphatic carbocycles. The highest BCUT2D eigenvalue weighted by Gasteiger charge is 2.63. The molecule has 3 nitrogen and oxygen atoms in total. The molecule has 0 aromatic carbocycles. The van der Waals surface area contributed by atoms with Crippen LogP contribution in [-0.4, -0.2) is 21.7 Å². The van der Waals surface area contributed by atoms with Crippen molar-refractivity contribution >= 4 is 5.82 Å². The summed E-state index contributed by atoms with van der Waals surface area (Å²) in [5, 5.41) is 2.37. The predicted molar refractivity (Wildman–Crippen MR) is 43.7 cm³/mol. The van der Waals surface area contributed by atoms with Gasteiger partial charge >= 0.3 is 6.18 Å². The predicted octanol–water partition coefficient (Wildman–Crippen LogP) is 1.98. The van der Waals surface area contributed by atoms with E-state index >= 15 is 0 Å². The van der Waals surface area contributed by atoms with Crippen LogP contribution in [0, 0.1) is 0 Å². The minimum Gasteiger partial charge on any atom is -0.355 e. The van der Waals surface area contributed by atoms with Gasteiger partial charge in [0.2, 0.25) is 0 Å². The summed E-state index contributed by atoms with van der Waals surface area (Å²) in [6.45, 7) is 0. The molecule has 1 heterocycles. The van der Waals surface area contributed by atoms with Crippen LogP contribution < -0.4 is 5.32 Å². The van der Waals surface area contributed by atoms with Gasteiger partial charge in [0, 0.05) is 12.4 Å². The molecule has 0 saturated heterocycles. The van der Waals surface area contributed by atoms with Crippen LogP contribution in [0.2, 0.25) is 0 Å². The van der Waals surface area contributed by atoms with Gasteiger partial charge in [-0.05, 0) is 12.8 Å². The van der Waals surface area contributed by atoms with Crippen molar-refractivity contribution in [2.45, 2.75) is 24.6 Å². The van der Waals surface area contributed by atoms with Gasteiger partial charge < -0.3 is 5.32 Å². The van der Waals surface area contributed by atoms with Gasteiger partial charge in [-0.2, -0.15) is 13.2 Å². The van der Waals surface area contributed by atoms with Gasteiger partial charge in [0.1, 0.15) is 11.4 Å². The second kappa shape index (κ2) is 2.83. The first-order valence-corrected chi connectivity index (χ1v) is 4.14. The standard InChI is InChI=1S/C8H8F3N3/c9-8(10,11)7(1-2-7)14-6-5-12-3-4-13-6/h3-5H,1-2H2,(H,13,14). The SMILES string of the molecule is FC(F)(F)C1(Nc2cnccn2)CC1. The fraction of sp³-hybridized carbons (Fsp3) is 0.500. The minimum absolute atomic E-state index is 0.104. The van der Waals surface area contributed by atoms with E-state index < -0.39 is 11.7 Å². The largest absolute Gasteiger partial charge is 0.411 e. The number of aromatic nitrogens is 2. The van der Waals surface area contributed by atoms with Gasteiger partial charge in [0.25, 0.3) is 0 Å². The van der Waals surface area contributed by atoms with Crippen LogP contribution in [-0.2, 0) is 0 Å². The van der Waals surface area contributed by atoms with E-state index in [1.807, 2.05) is 0 Å². The fourth-order valence-electron chi connectivity index (χ4n) is 1.21. The second-order valence-corrected chi connectivity index (χ2v) is 3.30. The van der Waals surface area contributed by atoms with E-state index in [0.29, 0.717) is 0 Å². The maximum absolute atomic E-state index is 12.5. The first-order valence-electron chi connectivity index (χ1n) is 4.14. The Bertz CT molecular complexity index is 318. The average Bonchev–Trinajstić information content (AvgIpc) is 2.86. The monoisotopic (exact) mass is 203 g/mol. The number of nitrogens with zero attached hydrogens (tertiary/aromatic N) is 2. The lowest BCUT2D eigenvalue weighted by Crippen LogP contribution is -2.38. The van der Waals surface area contributed by atoms with E-state index in [-0.39, 0.29) is 18.7 Å². The van der Waals surface area contributed by atoms with Crippen molar-refractivity contribution in [1.82, 2.24) is 9.97 Å². The lowest BCUT2D eigenvalue weighted by Gasteiger charge is -2.20. The van der Waals surface area contributed by atoms with Crippen LogP contribution >= 0.6 is 0 Å². The Morgan fingerprint density at radius 1 is 1.29 bits per heavy atom. The Morgan fingerprint density at radius 3 is 2.43 bits per heavy atom. The molecular formula is C8H8F3N3. The molecule has 0 bridgehead atoms. The molecule has 1 aliphatic rings. The molecule has 1 N–H and O–H groups in total. The molecule has 6 heteroatoms. The maximum Gasteiger partial charge on any atom is 0.411 e. The zero-order valence-electron chi connectivity index (χ0n) is 7.17. The summed E-state index contributed by atoms with van der Waals surface area (Å²) in [4.78, 5) is 7.43. The zero-order chi connectivity index (χ0) is 10.2. The molecular weight excluding hydrogens is 195 g/mol. The number of halogens is 3. The number of rotatable bonds is 2. The third-order valence-electron chi connectivity index (χ3n) is 2.22. The second-order valence-electron chi connectivity index (χ2n) is 3.30. The van der Waals surface area contributed by atoms with Gasteiger partial charge in [-0.1, -0.05) is 0 Å². The van der Waals surface area contributed by atoms with E-state index in [0.717, 1.165) is 0 Å². The van der Waals surface area contributed by atoms with E-state index in [1.165, 1.54) is 18.6 Å². The minimum atomic E-state index is -4.22. The molecule has 0 amide bonds. The van der Waals surface area contributed by atoms with Crippen molar-refractivity contribution in [3.8, 4) is 0 Å². The van der Waals surface area contributed by atoms with Gasteiger partial charge in [0.15, 0.2) is 0 Å². The van der Waals surface area contributed by atoms with Crippen LogP contribution in [0.1, 0.15) is 12.8 Å². The van der Waals surface area contributed by atoms with Crippen LogP contribution in [0.4, 0.5) is 19.0 Å². The van der Waals surface area contributed by atoms with Gasteiger partial charge in [-0.15, -0.1) is 0 Å². The molecule has 0 aliphatic heterocycles. The average molecular weight is 203 g/mol. The highest BCUT2D eigenvalue weighted by Crippen LogP contribution is 2.50. The molecule has 2 rings (SSSR count). The smallest absolute Gasteiger partial charge is 0.355 e. The number of anilines is 1. The van der Waals surface area contributed by atoms with Crippen LogP contribution in [0.3, 0.4) is 0 Å². The van der Waals surface area contributed by atoms with Crippen LogP contribution in [0.15, 0.2) is 18.6 Å². The first-order chi connectivity index (χ1) is 6.54. The number of hydrogen-bond acceptors (Lipinski definition) is 3. The summed E-state index contributed by atoms with van der Waals surface area (Å²) in [5.41, 5.74) is -1.76. The van der Waals surface area contributed by atoms with Crippen molar-refractivity contribution in [1.29, 1.82) is 0 Å². The Hall–Kier alpha value is -1.33. The molecule has 1 saturated carbocycles. The van der Waals surface area contributed by atoms with E-state index in [1.54, 1.807) is 0 Å².